The van der Waals surface area contributed by atoms with E-state index in [9.17, 15) is 4.79 Å². The number of furan rings is 1. The number of carbonyl (C=O) groups is 1. The summed E-state index contributed by atoms with van der Waals surface area (Å²) in [6.45, 7) is 5.37. The van der Waals surface area contributed by atoms with Crippen molar-refractivity contribution in [2.24, 2.45) is 0 Å². The van der Waals surface area contributed by atoms with Gasteiger partial charge in [-0.15, -0.1) is 10.2 Å². The Morgan fingerprint density at radius 3 is 2.90 bits per heavy atom. The number of ether oxygens (including phenoxy) is 1. The molecule has 0 bridgehead atoms. The van der Waals surface area contributed by atoms with Crippen LogP contribution in [-0.2, 0) is 16.1 Å². The molecule has 0 radical (unpaired) electrons. The number of aromatic nitrogens is 2. The second-order valence-corrected chi connectivity index (χ2v) is 4.09. The molecule has 0 spiro atoms. The molecule has 0 saturated heterocycles. The van der Waals surface area contributed by atoms with Gasteiger partial charge in [-0.2, -0.15) is 0 Å². The van der Waals surface area contributed by atoms with E-state index in [1.165, 1.54) is 6.26 Å². The van der Waals surface area contributed by atoms with Gasteiger partial charge < -0.3 is 13.6 Å². The number of likely N-dealkylation sites (N-methyl/N-ethyl adjacent to an activating group) is 1. The fraction of sp³-hybridized carbons (Fsp3) is 0.462. The van der Waals surface area contributed by atoms with Crippen molar-refractivity contribution in [1.82, 2.24) is 15.1 Å². The van der Waals surface area contributed by atoms with Gasteiger partial charge in [0.05, 0.1) is 26.0 Å². The summed E-state index contributed by atoms with van der Waals surface area (Å²) in [4.78, 5) is 13.3. The quantitative estimate of drug-likeness (QED) is 0.713. The van der Waals surface area contributed by atoms with Crippen LogP contribution in [0.2, 0.25) is 0 Å². The minimum atomic E-state index is -0.264. The maximum absolute atomic E-state index is 11.4. The van der Waals surface area contributed by atoms with E-state index in [1.54, 1.807) is 19.1 Å². The maximum atomic E-state index is 11.4. The summed E-state index contributed by atoms with van der Waals surface area (Å²) in [6.07, 6.45) is 1.54. The van der Waals surface area contributed by atoms with Crippen molar-refractivity contribution >= 4 is 5.97 Å². The van der Waals surface area contributed by atoms with E-state index in [1.807, 2.05) is 11.8 Å². The zero-order valence-electron chi connectivity index (χ0n) is 11.5. The zero-order chi connectivity index (χ0) is 14.4. The molecular weight excluding hydrogens is 262 g/mol. The Hall–Kier alpha value is -2.15. The van der Waals surface area contributed by atoms with Crippen molar-refractivity contribution in [3.8, 4) is 11.7 Å². The predicted molar refractivity (Wildman–Crippen MR) is 69.6 cm³/mol. The average molecular weight is 279 g/mol. The molecule has 2 aromatic rings. The third-order valence-electron chi connectivity index (χ3n) is 2.66. The monoisotopic (exact) mass is 279 g/mol. The summed E-state index contributed by atoms with van der Waals surface area (Å²) in [7, 11) is 0. The molecule has 0 aliphatic carbocycles. The van der Waals surface area contributed by atoms with Gasteiger partial charge >= 0.3 is 5.97 Å². The van der Waals surface area contributed by atoms with Gasteiger partial charge in [-0.3, -0.25) is 9.69 Å². The molecule has 108 valence electrons. The van der Waals surface area contributed by atoms with Gasteiger partial charge in [-0.25, -0.2) is 0 Å². The lowest BCUT2D eigenvalue weighted by atomic mass is 10.4. The fourth-order valence-electron chi connectivity index (χ4n) is 1.68. The minimum absolute atomic E-state index is 0.197. The number of carbonyl (C=O) groups excluding carboxylic acids is 1. The number of rotatable bonds is 7. The fourth-order valence-corrected chi connectivity index (χ4v) is 1.68. The van der Waals surface area contributed by atoms with Gasteiger partial charge in [-0.1, -0.05) is 6.92 Å². The van der Waals surface area contributed by atoms with E-state index >= 15 is 0 Å². The lowest BCUT2D eigenvalue weighted by Crippen LogP contribution is -2.30. The standard InChI is InChI=1S/C13H17N3O4/c1-3-16(9-12(17)18-4-2)8-11-14-15-13(20-11)10-6-5-7-19-10/h5-7H,3-4,8-9H2,1-2H3. The van der Waals surface area contributed by atoms with Crippen LogP contribution >= 0.6 is 0 Å². The van der Waals surface area contributed by atoms with Crippen LogP contribution in [0.5, 0.6) is 0 Å². The lowest BCUT2D eigenvalue weighted by Gasteiger charge is -2.16. The van der Waals surface area contributed by atoms with Gasteiger partial charge in [0.25, 0.3) is 5.89 Å². The van der Waals surface area contributed by atoms with E-state index in [-0.39, 0.29) is 12.5 Å². The third kappa shape index (κ3) is 3.67. The van der Waals surface area contributed by atoms with Gasteiger partial charge in [0.2, 0.25) is 5.89 Å². The van der Waals surface area contributed by atoms with Gasteiger partial charge in [0, 0.05) is 0 Å². The van der Waals surface area contributed by atoms with Crippen molar-refractivity contribution in [1.29, 1.82) is 0 Å². The Labute approximate surface area is 116 Å². The SMILES string of the molecule is CCOC(=O)CN(CC)Cc1nnc(-c2ccco2)o1. The highest BCUT2D eigenvalue weighted by Crippen LogP contribution is 2.18. The van der Waals surface area contributed by atoms with Gasteiger partial charge in [0.15, 0.2) is 5.76 Å². The molecule has 0 fully saturated rings. The van der Waals surface area contributed by atoms with Crippen LogP contribution in [0.1, 0.15) is 19.7 Å². The largest absolute Gasteiger partial charge is 0.465 e. The number of nitrogens with zero attached hydrogens (tertiary/aromatic N) is 3. The van der Waals surface area contributed by atoms with E-state index in [2.05, 4.69) is 10.2 Å². The third-order valence-corrected chi connectivity index (χ3v) is 2.66. The first-order valence-corrected chi connectivity index (χ1v) is 6.47. The number of hydrogen-bond acceptors (Lipinski definition) is 7. The van der Waals surface area contributed by atoms with Crippen LogP contribution in [0.15, 0.2) is 27.2 Å². The van der Waals surface area contributed by atoms with Crippen molar-refractivity contribution in [2.45, 2.75) is 20.4 Å². The minimum Gasteiger partial charge on any atom is -0.465 e. The molecule has 0 saturated carbocycles. The Morgan fingerprint density at radius 1 is 1.40 bits per heavy atom. The molecule has 0 N–H and O–H groups in total. The van der Waals surface area contributed by atoms with Crippen molar-refractivity contribution in [3.63, 3.8) is 0 Å². The Morgan fingerprint density at radius 2 is 2.25 bits per heavy atom. The van der Waals surface area contributed by atoms with Crippen molar-refractivity contribution in [3.05, 3.63) is 24.3 Å². The van der Waals surface area contributed by atoms with E-state index in [4.69, 9.17) is 13.6 Å². The normalized spacial score (nSPS) is 10.9. The predicted octanol–water partition coefficient (Wildman–Crippen LogP) is 1.71. The highest BCUT2D eigenvalue weighted by atomic mass is 16.5. The average Bonchev–Trinajstić information content (AvgIpc) is 3.08. The van der Waals surface area contributed by atoms with E-state index in [0.29, 0.717) is 37.2 Å². The topological polar surface area (TPSA) is 81.6 Å². The molecule has 2 aromatic heterocycles. The summed E-state index contributed by atoms with van der Waals surface area (Å²) in [5.41, 5.74) is 0. The van der Waals surface area contributed by atoms with Crippen molar-refractivity contribution < 1.29 is 18.4 Å². The molecule has 0 aliphatic heterocycles. The second kappa shape index (κ2) is 6.85. The number of hydrogen-bond donors (Lipinski definition) is 0. The van der Waals surface area contributed by atoms with Gasteiger partial charge in [-0.05, 0) is 25.6 Å². The molecule has 2 heterocycles. The van der Waals surface area contributed by atoms with E-state index in [0.717, 1.165) is 0 Å². The highest BCUT2D eigenvalue weighted by molar-refractivity contribution is 5.71. The smallest absolute Gasteiger partial charge is 0.320 e. The van der Waals surface area contributed by atoms with Crippen LogP contribution in [-0.4, -0.2) is 40.8 Å². The van der Waals surface area contributed by atoms with E-state index < -0.39 is 0 Å². The Bertz CT molecular complexity index is 536. The van der Waals surface area contributed by atoms with Crippen molar-refractivity contribution in [2.75, 3.05) is 19.7 Å². The molecule has 0 aliphatic rings. The lowest BCUT2D eigenvalue weighted by molar-refractivity contribution is -0.144. The molecular formula is C13H17N3O4. The molecule has 0 aromatic carbocycles. The van der Waals surface area contributed by atoms with Crippen LogP contribution < -0.4 is 0 Å². The molecule has 0 unspecified atom stereocenters. The Kier molecular flexibility index (Phi) is 4.89. The van der Waals surface area contributed by atoms with Crippen LogP contribution in [0.4, 0.5) is 0 Å². The molecule has 0 amide bonds. The zero-order valence-corrected chi connectivity index (χ0v) is 11.5. The van der Waals surface area contributed by atoms with Gasteiger partial charge in [0.1, 0.15) is 0 Å². The van der Waals surface area contributed by atoms with Crippen LogP contribution in [0, 0.1) is 0 Å². The first-order valence-electron chi connectivity index (χ1n) is 6.47. The summed E-state index contributed by atoms with van der Waals surface area (Å²) >= 11 is 0. The molecule has 2 rings (SSSR count). The van der Waals surface area contributed by atoms with Crippen LogP contribution in [0.3, 0.4) is 0 Å². The number of esters is 1. The first kappa shape index (κ1) is 14.3. The summed E-state index contributed by atoms with van der Waals surface area (Å²) in [5, 5.41) is 7.85. The molecule has 7 nitrogen and oxygen atoms in total. The summed E-state index contributed by atoms with van der Waals surface area (Å²) < 4.78 is 15.6. The molecule has 20 heavy (non-hydrogen) atoms. The Balaban J connectivity index is 1.96. The summed E-state index contributed by atoms with van der Waals surface area (Å²) in [6, 6.07) is 3.49. The maximum Gasteiger partial charge on any atom is 0.320 e. The van der Waals surface area contributed by atoms with Crippen LogP contribution in [0.25, 0.3) is 11.7 Å². The highest BCUT2D eigenvalue weighted by Gasteiger charge is 2.15. The first-order chi connectivity index (χ1) is 9.72. The second-order valence-electron chi connectivity index (χ2n) is 4.09. The summed E-state index contributed by atoms with van der Waals surface area (Å²) in [5.74, 6) is 1.03. The molecule has 0 atom stereocenters. The molecule has 7 heteroatoms.